The van der Waals surface area contributed by atoms with E-state index in [0.717, 1.165) is 23.1 Å². The van der Waals surface area contributed by atoms with Crippen molar-refractivity contribution in [3.63, 3.8) is 0 Å². The molecular formula is C17H18BrClN2S. The summed E-state index contributed by atoms with van der Waals surface area (Å²) < 4.78 is 0.869. The molecule has 0 atom stereocenters. The van der Waals surface area contributed by atoms with Gasteiger partial charge in [-0.3, -0.25) is 0 Å². The molecule has 2 nitrogen and oxygen atoms in total. The zero-order valence-corrected chi connectivity index (χ0v) is 15.7. The molecule has 0 aromatic heterocycles. The molecule has 2 rings (SSSR count). The van der Waals surface area contributed by atoms with Crippen molar-refractivity contribution in [3.05, 3.63) is 62.6 Å². The van der Waals surface area contributed by atoms with E-state index in [-0.39, 0.29) is 0 Å². The average molecular weight is 398 g/mol. The van der Waals surface area contributed by atoms with Crippen LogP contribution in [0.3, 0.4) is 0 Å². The minimum absolute atomic E-state index is 0.600. The van der Waals surface area contributed by atoms with Crippen molar-refractivity contribution >= 4 is 50.5 Å². The third-order valence-electron chi connectivity index (χ3n) is 3.36. The van der Waals surface area contributed by atoms with E-state index in [1.807, 2.05) is 18.2 Å². The molecule has 22 heavy (non-hydrogen) atoms. The fourth-order valence-electron chi connectivity index (χ4n) is 2.19. The van der Waals surface area contributed by atoms with Gasteiger partial charge in [0, 0.05) is 16.7 Å². The topological polar surface area (TPSA) is 24.1 Å². The first kappa shape index (κ1) is 17.3. The van der Waals surface area contributed by atoms with E-state index >= 15 is 0 Å². The Labute approximate surface area is 150 Å². The van der Waals surface area contributed by atoms with Crippen molar-refractivity contribution in [1.29, 1.82) is 0 Å². The predicted molar refractivity (Wildman–Crippen MR) is 103 cm³/mol. The molecule has 0 bridgehead atoms. The molecule has 0 spiro atoms. The number of aryl methyl sites for hydroxylation is 2. The van der Waals surface area contributed by atoms with E-state index < -0.39 is 0 Å². The first-order chi connectivity index (χ1) is 10.5. The summed E-state index contributed by atoms with van der Waals surface area (Å²) >= 11 is 14.7. The van der Waals surface area contributed by atoms with Crippen LogP contribution in [0.25, 0.3) is 0 Å². The largest absolute Gasteiger partial charge is 0.362 e. The van der Waals surface area contributed by atoms with E-state index in [4.69, 9.17) is 23.8 Å². The van der Waals surface area contributed by atoms with Gasteiger partial charge in [-0.25, -0.2) is 0 Å². The molecule has 0 heterocycles. The smallest absolute Gasteiger partial charge is 0.170 e. The molecule has 0 saturated heterocycles. The van der Waals surface area contributed by atoms with Crippen molar-refractivity contribution in [2.45, 2.75) is 20.3 Å². The average Bonchev–Trinajstić information content (AvgIpc) is 2.45. The molecule has 2 aromatic rings. The molecule has 0 aliphatic heterocycles. The summed E-state index contributed by atoms with van der Waals surface area (Å²) in [6.45, 7) is 5.04. The van der Waals surface area contributed by atoms with Crippen LogP contribution in [-0.2, 0) is 6.42 Å². The number of anilines is 1. The Morgan fingerprint density at radius 2 is 1.95 bits per heavy atom. The monoisotopic (exact) mass is 396 g/mol. The second kappa shape index (κ2) is 7.95. The predicted octanol–water partition coefficient (Wildman–Crippen LogP) is 5.25. The lowest BCUT2D eigenvalue weighted by molar-refractivity contribution is 0.867. The number of halogens is 2. The first-order valence-electron chi connectivity index (χ1n) is 7.02. The number of hydrogen-bond donors (Lipinski definition) is 2. The highest BCUT2D eigenvalue weighted by Gasteiger charge is 2.02. The molecule has 0 radical (unpaired) electrons. The van der Waals surface area contributed by atoms with Crippen molar-refractivity contribution in [1.82, 2.24) is 5.32 Å². The van der Waals surface area contributed by atoms with Gasteiger partial charge < -0.3 is 10.6 Å². The van der Waals surface area contributed by atoms with E-state index in [1.165, 1.54) is 16.7 Å². The van der Waals surface area contributed by atoms with Gasteiger partial charge in [-0.05, 0) is 77.7 Å². The van der Waals surface area contributed by atoms with Gasteiger partial charge in [-0.2, -0.15) is 0 Å². The fraction of sp³-hybridized carbons (Fsp3) is 0.235. The number of rotatable bonds is 4. The van der Waals surface area contributed by atoms with Crippen LogP contribution in [0.1, 0.15) is 16.7 Å². The Kier molecular flexibility index (Phi) is 6.24. The van der Waals surface area contributed by atoms with Crippen LogP contribution >= 0.6 is 39.7 Å². The molecular weight excluding hydrogens is 380 g/mol. The summed E-state index contributed by atoms with van der Waals surface area (Å²) in [6.07, 6.45) is 0.940. The van der Waals surface area contributed by atoms with Gasteiger partial charge in [0.05, 0.1) is 5.02 Å². The zero-order chi connectivity index (χ0) is 16.1. The standard InChI is InChI=1S/C17H18BrClN2S/c1-11-3-4-13(12(2)9-11)7-8-20-17(22)21-14-5-6-15(18)16(19)10-14/h3-6,9-10H,7-8H2,1-2H3,(H2,20,21,22). The van der Waals surface area contributed by atoms with E-state index in [0.29, 0.717) is 10.1 Å². The summed E-state index contributed by atoms with van der Waals surface area (Å²) in [5, 5.41) is 7.61. The summed E-state index contributed by atoms with van der Waals surface area (Å²) in [4.78, 5) is 0. The lowest BCUT2D eigenvalue weighted by Crippen LogP contribution is -2.30. The van der Waals surface area contributed by atoms with Crippen molar-refractivity contribution < 1.29 is 0 Å². The molecule has 0 saturated carbocycles. The maximum absolute atomic E-state index is 6.06. The van der Waals surface area contributed by atoms with Crippen LogP contribution in [0.2, 0.25) is 5.02 Å². The maximum Gasteiger partial charge on any atom is 0.170 e. The third kappa shape index (κ3) is 4.97. The summed E-state index contributed by atoms with van der Waals surface area (Å²) in [6, 6.07) is 12.2. The maximum atomic E-state index is 6.06. The van der Waals surface area contributed by atoms with Gasteiger partial charge in [0.2, 0.25) is 0 Å². The van der Waals surface area contributed by atoms with Gasteiger partial charge in [-0.15, -0.1) is 0 Å². The Hall–Kier alpha value is -1.10. The molecule has 116 valence electrons. The first-order valence-corrected chi connectivity index (χ1v) is 8.59. The molecule has 0 unspecified atom stereocenters. The number of benzene rings is 2. The van der Waals surface area contributed by atoms with Crippen molar-refractivity contribution in [2.24, 2.45) is 0 Å². The lowest BCUT2D eigenvalue weighted by atomic mass is 10.0. The highest BCUT2D eigenvalue weighted by atomic mass is 79.9. The zero-order valence-electron chi connectivity index (χ0n) is 12.5. The van der Waals surface area contributed by atoms with Crippen molar-refractivity contribution in [2.75, 3.05) is 11.9 Å². The second-order valence-electron chi connectivity index (χ2n) is 5.19. The molecule has 2 N–H and O–H groups in total. The fourth-order valence-corrected chi connectivity index (χ4v) is 2.83. The molecule has 0 aliphatic carbocycles. The minimum Gasteiger partial charge on any atom is -0.362 e. The van der Waals surface area contributed by atoms with Gasteiger partial charge in [0.15, 0.2) is 5.11 Å². The van der Waals surface area contributed by atoms with Crippen LogP contribution in [0.4, 0.5) is 5.69 Å². The van der Waals surface area contributed by atoms with Gasteiger partial charge in [0.1, 0.15) is 0 Å². The Balaban J connectivity index is 1.83. The van der Waals surface area contributed by atoms with E-state index in [9.17, 15) is 0 Å². The molecule has 0 amide bonds. The quantitative estimate of drug-likeness (QED) is 0.689. The highest BCUT2D eigenvalue weighted by Crippen LogP contribution is 2.25. The van der Waals surface area contributed by atoms with Crippen LogP contribution in [0.15, 0.2) is 40.9 Å². The molecule has 0 aliphatic rings. The van der Waals surface area contributed by atoms with Crippen LogP contribution < -0.4 is 10.6 Å². The van der Waals surface area contributed by atoms with Crippen LogP contribution in [0, 0.1) is 13.8 Å². The van der Waals surface area contributed by atoms with Gasteiger partial charge >= 0.3 is 0 Å². The SMILES string of the molecule is Cc1ccc(CCNC(=S)Nc2ccc(Br)c(Cl)c2)c(C)c1. The van der Waals surface area contributed by atoms with E-state index in [1.54, 1.807) is 0 Å². The Bertz CT molecular complexity index is 688. The normalized spacial score (nSPS) is 10.4. The summed E-state index contributed by atoms with van der Waals surface area (Å²) in [7, 11) is 0. The van der Waals surface area contributed by atoms with Gasteiger partial charge in [-0.1, -0.05) is 35.4 Å². The molecule has 5 heteroatoms. The lowest BCUT2D eigenvalue weighted by Gasteiger charge is -2.12. The van der Waals surface area contributed by atoms with Crippen LogP contribution in [-0.4, -0.2) is 11.7 Å². The number of nitrogens with one attached hydrogen (secondary N) is 2. The number of thiocarbonyl (C=S) groups is 1. The Morgan fingerprint density at radius 1 is 1.18 bits per heavy atom. The van der Waals surface area contributed by atoms with Gasteiger partial charge in [0.25, 0.3) is 0 Å². The number of hydrogen-bond acceptors (Lipinski definition) is 1. The summed E-state index contributed by atoms with van der Waals surface area (Å²) in [5.41, 5.74) is 4.82. The third-order valence-corrected chi connectivity index (χ3v) is 4.83. The Morgan fingerprint density at radius 3 is 2.64 bits per heavy atom. The second-order valence-corrected chi connectivity index (χ2v) is 6.86. The minimum atomic E-state index is 0.600. The van der Waals surface area contributed by atoms with Crippen molar-refractivity contribution in [3.8, 4) is 0 Å². The highest BCUT2D eigenvalue weighted by molar-refractivity contribution is 9.10. The summed E-state index contributed by atoms with van der Waals surface area (Å²) in [5.74, 6) is 0. The van der Waals surface area contributed by atoms with E-state index in [2.05, 4.69) is 58.6 Å². The molecule has 2 aromatic carbocycles. The molecule has 0 fully saturated rings. The van der Waals surface area contributed by atoms with Crippen LogP contribution in [0.5, 0.6) is 0 Å².